The molecule has 0 saturated heterocycles. The largest absolute Gasteiger partial charge is 0.330 e. The van der Waals surface area contributed by atoms with Crippen LogP contribution in [0.15, 0.2) is 0 Å². The average molecular weight is 284 g/mol. The third-order valence-corrected chi connectivity index (χ3v) is 1.94. The summed E-state index contributed by atoms with van der Waals surface area (Å²) in [6.07, 6.45) is 0. The van der Waals surface area contributed by atoms with Crippen molar-refractivity contribution >= 4 is 70.5 Å². The zero-order chi connectivity index (χ0) is 9.12. The van der Waals surface area contributed by atoms with E-state index in [9.17, 15) is 8.78 Å². The van der Waals surface area contributed by atoms with E-state index in [4.69, 9.17) is 46.4 Å². The molecule has 0 unspecified atom stereocenters. The molecule has 68 valence electrons. The molecule has 0 aromatic rings. The van der Waals surface area contributed by atoms with Crippen LogP contribution in [0.3, 0.4) is 0 Å². The Morgan fingerprint density at radius 2 is 1.18 bits per heavy atom. The van der Waals surface area contributed by atoms with Crippen molar-refractivity contribution in [3.8, 4) is 0 Å². The van der Waals surface area contributed by atoms with Crippen LogP contribution in [0.5, 0.6) is 0 Å². The molecule has 0 aromatic carbocycles. The predicted octanol–water partition coefficient (Wildman–Crippen LogP) is 4.42. The van der Waals surface area contributed by atoms with Gasteiger partial charge in [0.25, 0.3) is 0 Å². The Hall–Kier alpha value is 1.68. The highest BCUT2D eigenvalue weighted by Crippen LogP contribution is 2.45. The first-order valence-electron chi connectivity index (χ1n) is 1.88. The molecule has 0 bridgehead atoms. The maximum absolute atomic E-state index is 12.1. The van der Waals surface area contributed by atoms with E-state index >= 15 is 0 Å². The SMILES string of the molecule is FC(Cl)(Cl)SOSC(F)(Cl)Cl. The number of rotatable bonds is 4. The van der Waals surface area contributed by atoms with Crippen LogP contribution in [0, 0.1) is 0 Å². The fourth-order valence-corrected chi connectivity index (χ4v) is 1.77. The molecule has 0 aromatic heterocycles. The zero-order valence-corrected chi connectivity index (χ0v) is 9.15. The van der Waals surface area contributed by atoms with Crippen LogP contribution in [0.1, 0.15) is 0 Å². The van der Waals surface area contributed by atoms with Crippen LogP contribution in [0.4, 0.5) is 8.78 Å². The minimum Gasteiger partial charge on any atom is -0.236 e. The molecule has 0 saturated carbocycles. The van der Waals surface area contributed by atoms with Gasteiger partial charge in [0.05, 0.1) is 24.1 Å². The van der Waals surface area contributed by atoms with Crippen LogP contribution in [0.25, 0.3) is 0 Å². The molecule has 0 rings (SSSR count). The van der Waals surface area contributed by atoms with E-state index in [0.29, 0.717) is 0 Å². The van der Waals surface area contributed by atoms with E-state index in [1.165, 1.54) is 0 Å². The normalized spacial score (nSPS) is 13.6. The molecule has 0 heterocycles. The lowest BCUT2D eigenvalue weighted by atomic mass is 11.7. The Morgan fingerprint density at radius 1 is 0.909 bits per heavy atom. The maximum atomic E-state index is 12.1. The highest BCUT2D eigenvalue weighted by atomic mass is 35.5. The van der Waals surface area contributed by atoms with Gasteiger partial charge in [-0.25, -0.2) is 3.63 Å². The second-order valence-electron chi connectivity index (χ2n) is 1.13. The lowest BCUT2D eigenvalue weighted by molar-refractivity contribution is 0.486. The van der Waals surface area contributed by atoms with Crippen molar-refractivity contribution in [3.05, 3.63) is 0 Å². The maximum Gasteiger partial charge on any atom is 0.330 e. The second kappa shape index (κ2) is 4.79. The molecular formula is C2Cl4F2OS2. The molecule has 0 N–H and O–H groups in total. The minimum absolute atomic E-state index is 0.0213. The Labute approximate surface area is 90.4 Å². The highest BCUT2D eigenvalue weighted by molar-refractivity contribution is 8.11. The Bertz CT molecular complexity index is 108. The van der Waals surface area contributed by atoms with Crippen molar-refractivity contribution in [1.82, 2.24) is 0 Å². The summed E-state index contributed by atoms with van der Waals surface area (Å²) in [5, 5.41) is 0. The predicted molar refractivity (Wildman–Crippen MR) is 47.4 cm³/mol. The lowest BCUT2D eigenvalue weighted by Gasteiger charge is -2.09. The summed E-state index contributed by atoms with van der Waals surface area (Å²) in [6, 6.07) is 0. The number of halogens is 6. The summed E-state index contributed by atoms with van der Waals surface area (Å²) >= 11 is 19.1. The summed E-state index contributed by atoms with van der Waals surface area (Å²) < 4.78 is 23.0. The monoisotopic (exact) mass is 282 g/mol. The van der Waals surface area contributed by atoms with Crippen molar-refractivity contribution in [1.29, 1.82) is 0 Å². The zero-order valence-electron chi connectivity index (χ0n) is 4.49. The van der Waals surface area contributed by atoms with Crippen LogP contribution in [-0.4, -0.2) is 7.84 Å². The lowest BCUT2D eigenvalue weighted by Crippen LogP contribution is -1.99. The number of alkyl halides is 6. The molecule has 0 aliphatic heterocycles. The van der Waals surface area contributed by atoms with Crippen molar-refractivity contribution < 1.29 is 12.4 Å². The Morgan fingerprint density at radius 3 is 1.36 bits per heavy atom. The van der Waals surface area contributed by atoms with E-state index in [-0.39, 0.29) is 24.1 Å². The van der Waals surface area contributed by atoms with Crippen molar-refractivity contribution in [2.45, 2.75) is 7.84 Å². The fourth-order valence-electron chi connectivity index (χ4n) is 0.0942. The van der Waals surface area contributed by atoms with Gasteiger partial charge in [-0.05, 0) is 0 Å². The van der Waals surface area contributed by atoms with Crippen molar-refractivity contribution in [2.75, 3.05) is 0 Å². The van der Waals surface area contributed by atoms with Gasteiger partial charge in [-0.1, -0.05) is 46.4 Å². The topological polar surface area (TPSA) is 9.23 Å². The smallest absolute Gasteiger partial charge is 0.236 e. The third-order valence-electron chi connectivity index (χ3n) is 0.257. The van der Waals surface area contributed by atoms with Gasteiger partial charge >= 0.3 is 7.84 Å². The summed E-state index contributed by atoms with van der Waals surface area (Å²) in [6.45, 7) is 0. The summed E-state index contributed by atoms with van der Waals surface area (Å²) in [4.78, 5) is 0. The first kappa shape index (κ1) is 12.7. The molecule has 11 heavy (non-hydrogen) atoms. The second-order valence-corrected chi connectivity index (χ2v) is 6.50. The quantitative estimate of drug-likeness (QED) is 0.558. The third kappa shape index (κ3) is 11.7. The van der Waals surface area contributed by atoms with Crippen LogP contribution >= 0.6 is 70.5 Å². The van der Waals surface area contributed by atoms with Gasteiger partial charge in [-0.2, -0.15) is 8.78 Å². The molecule has 0 spiro atoms. The summed E-state index contributed by atoms with van der Waals surface area (Å²) in [5.41, 5.74) is 0. The molecule has 1 nitrogen and oxygen atoms in total. The van der Waals surface area contributed by atoms with Gasteiger partial charge in [0.15, 0.2) is 0 Å². The van der Waals surface area contributed by atoms with Crippen molar-refractivity contribution in [2.24, 2.45) is 0 Å². The minimum atomic E-state index is -2.65. The summed E-state index contributed by atoms with van der Waals surface area (Å²) in [5.74, 6) is 0. The first-order valence-corrected chi connectivity index (χ1v) is 4.87. The molecular weight excluding hydrogens is 284 g/mol. The standard InChI is InChI=1S/C2Cl4F2OS2/c3-1(4,7)10-9-11-2(5,6)8. The Balaban J connectivity index is 3.44. The highest BCUT2D eigenvalue weighted by Gasteiger charge is 2.30. The summed E-state index contributed by atoms with van der Waals surface area (Å²) in [7, 11) is 0. The van der Waals surface area contributed by atoms with E-state index in [2.05, 4.69) is 3.63 Å². The van der Waals surface area contributed by atoms with Gasteiger partial charge < -0.3 is 0 Å². The number of hydrogen-bond donors (Lipinski definition) is 0. The Kier molecular flexibility index (Phi) is 5.52. The van der Waals surface area contributed by atoms with E-state index in [0.717, 1.165) is 0 Å². The molecule has 0 aliphatic rings. The number of hydrogen-bond acceptors (Lipinski definition) is 3. The fraction of sp³-hybridized carbons (Fsp3) is 1.00. The molecule has 9 heteroatoms. The van der Waals surface area contributed by atoms with E-state index < -0.39 is 7.84 Å². The average Bonchev–Trinajstić information content (AvgIpc) is 1.55. The van der Waals surface area contributed by atoms with Gasteiger partial charge in [0.1, 0.15) is 0 Å². The first-order chi connectivity index (χ1) is 4.71. The van der Waals surface area contributed by atoms with Gasteiger partial charge in [-0.3, -0.25) is 0 Å². The molecule has 0 aliphatic carbocycles. The van der Waals surface area contributed by atoms with Crippen LogP contribution in [0.2, 0.25) is 0 Å². The molecule has 0 radical (unpaired) electrons. The molecule has 0 atom stereocenters. The van der Waals surface area contributed by atoms with Crippen LogP contribution in [-0.2, 0) is 3.63 Å². The van der Waals surface area contributed by atoms with Gasteiger partial charge in [0.2, 0.25) is 0 Å². The van der Waals surface area contributed by atoms with Gasteiger partial charge in [-0.15, -0.1) is 0 Å². The van der Waals surface area contributed by atoms with Crippen LogP contribution < -0.4 is 0 Å². The molecule has 0 fully saturated rings. The van der Waals surface area contributed by atoms with Crippen molar-refractivity contribution in [3.63, 3.8) is 0 Å². The van der Waals surface area contributed by atoms with E-state index in [1.807, 2.05) is 0 Å². The molecule has 0 amide bonds. The van der Waals surface area contributed by atoms with Gasteiger partial charge in [0, 0.05) is 0 Å². The van der Waals surface area contributed by atoms with E-state index in [1.54, 1.807) is 0 Å².